The van der Waals surface area contributed by atoms with Gasteiger partial charge in [0.1, 0.15) is 13.2 Å². The highest BCUT2D eigenvalue weighted by Crippen LogP contribution is 2.16. The van der Waals surface area contributed by atoms with Gasteiger partial charge in [-0.1, -0.05) is 254 Å². The Balaban J connectivity index is 4.10. The van der Waals surface area contributed by atoms with E-state index >= 15 is 0 Å². The lowest BCUT2D eigenvalue weighted by molar-refractivity contribution is -0.167. The van der Waals surface area contributed by atoms with Crippen LogP contribution in [0.4, 0.5) is 0 Å². The molecule has 0 N–H and O–H groups in total. The molecule has 1 atom stereocenters. The van der Waals surface area contributed by atoms with Crippen LogP contribution < -0.4 is 0 Å². The van der Waals surface area contributed by atoms with E-state index in [1.165, 1.54) is 154 Å². The SMILES string of the molecule is CC/C=C\C/C=C\C/C=C\C/C=C\C/C=C\CCCCCCCCCCCCCCCC(=O)OCC(COC(=O)CCCCCCCCC)OC(=O)CCCCCCC/C=C\CCCCCCCC. The molecule has 0 rings (SSSR count). The smallest absolute Gasteiger partial charge is 0.306 e. The van der Waals surface area contributed by atoms with Crippen LogP contribution in [0.15, 0.2) is 72.9 Å². The second-order valence-electron chi connectivity index (χ2n) is 19.5. The summed E-state index contributed by atoms with van der Waals surface area (Å²) in [6.45, 7) is 6.49. The lowest BCUT2D eigenvalue weighted by atomic mass is 10.0. The van der Waals surface area contributed by atoms with Gasteiger partial charge in [-0.05, 0) is 89.9 Å². The third-order valence-corrected chi connectivity index (χ3v) is 12.7. The molecule has 0 radical (unpaired) electrons. The molecule has 0 aromatic heterocycles. The summed E-state index contributed by atoms with van der Waals surface area (Å²) in [6, 6.07) is 0. The van der Waals surface area contributed by atoms with E-state index in [0.29, 0.717) is 19.3 Å². The molecule has 0 saturated carbocycles. The number of rotatable bonds is 53. The van der Waals surface area contributed by atoms with Gasteiger partial charge in [-0.3, -0.25) is 14.4 Å². The Labute approximate surface area is 427 Å². The molecule has 0 aliphatic heterocycles. The van der Waals surface area contributed by atoms with Gasteiger partial charge < -0.3 is 14.2 Å². The number of unbranched alkanes of at least 4 members (excludes halogenated alkanes) is 30. The molecule has 0 spiro atoms. The second-order valence-corrected chi connectivity index (χ2v) is 19.5. The number of carbonyl (C=O) groups excluding carboxylic acids is 3. The van der Waals surface area contributed by atoms with Crippen molar-refractivity contribution in [2.75, 3.05) is 13.2 Å². The van der Waals surface area contributed by atoms with Crippen LogP contribution in [-0.4, -0.2) is 37.2 Å². The van der Waals surface area contributed by atoms with Crippen molar-refractivity contribution in [3.8, 4) is 0 Å². The highest BCUT2D eigenvalue weighted by Gasteiger charge is 2.19. The molecule has 0 fully saturated rings. The zero-order valence-electron chi connectivity index (χ0n) is 45.6. The third-order valence-electron chi connectivity index (χ3n) is 12.7. The summed E-state index contributed by atoms with van der Waals surface area (Å²) in [6.07, 6.45) is 73.5. The molecule has 0 aliphatic rings. The van der Waals surface area contributed by atoms with Gasteiger partial charge in [-0.15, -0.1) is 0 Å². The molecule has 0 aromatic carbocycles. The van der Waals surface area contributed by atoms with Crippen molar-refractivity contribution < 1.29 is 28.6 Å². The number of esters is 3. The monoisotopic (exact) mass is 963 g/mol. The molecule has 0 amide bonds. The van der Waals surface area contributed by atoms with Crippen LogP contribution in [0.3, 0.4) is 0 Å². The van der Waals surface area contributed by atoms with E-state index in [9.17, 15) is 14.4 Å². The number of hydrogen-bond acceptors (Lipinski definition) is 6. The number of ether oxygens (including phenoxy) is 3. The summed E-state index contributed by atoms with van der Waals surface area (Å²) in [5.74, 6) is -0.884. The van der Waals surface area contributed by atoms with Gasteiger partial charge in [0.15, 0.2) is 6.10 Å². The van der Waals surface area contributed by atoms with Crippen molar-refractivity contribution in [1.29, 1.82) is 0 Å². The Morgan fingerprint density at radius 2 is 0.565 bits per heavy atom. The first-order valence-electron chi connectivity index (χ1n) is 29.4. The molecule has 6 nitrogen and oxygen atoms in total. The molecule has 0 aromatic rings. The molecule has 1 unspecified atom stereocenters. The summed E-state index contributed by atoms with van der Waals surface area (Å²) < 4.78 is 16.8. The third kappa shape index (κ3) is 55.6. The zero-order chi connectivity index (χ0) is 50.0. The fourth-order valence-electron chi connectivity index (χ4n) is 8.29. The van der Waals surface area contributed by atoms with Crippen molar-refractivity contribution in [3.05, 3.63) is 72.9 Å². The minimum absolute atomic E-state index is 0.0762. The van der Waals surface area contributed by atoms with Crippen LogP contribution in [-0.2, 0) is 28.6 Å². The first-order chi connectivity index (χ1) is 34.0. The summed E-state index contributed by atoms with van der Waals surface area (Å²) >= 11 is 0. The Morgan fingerprint density at radius 1 is 0.304 bits per heavy atom. The first-order valence-corrected chi connectivity index (χ1v) is 29.4. The minimum Gasteiger partial charge on any atom is -0.462 e. The largest absolute Gasteiger partial charge is 0.462 e. The van der Waals surface area contributed by atoms with Crippen LogP contribution in [0.25, 0.3) is 0 Å². The first kappa shape index (κ1) is 65.8. The molecular weight excluding hydrogens is 853 g/mol. The summed E-state index contributed by atoms with van der Waals surface area (Å²) in [5.41, 5.74) is 0. The van der Waals surface area contributed by atoms with E-state index in [0.717, 1.165) is 96.3 Å². The van der Waals surface area contributed by atoms with Crippen molar-refractivity contribution in [1.82, 2.24) is 0 Å². The fourth-order valence-corrected chi connectivity index (χ4v) is 8.29. The maximum Gasteiger partial charge on any atom is 0.306 e. The van der Waals surface area contributed by atoms with E-state index in [4.69, 9.17) is 14.2 Å². The highest BCUT2D eigenvalue weighted by molar-refractivity contribution is 5.71. The predicted octanol–water partition coefficient (Wildman–Crippen LogP) is 19.8. The average molecular weight is 964 g/mol. The quantitative estimate of drug-likeness (QED) is 0.0262. The van der Waals surface area contributed by atoms with E-state index in [2.05, 4.69) is 93.7 Å². The predicted molar refractivity (Wildman–Crippen MR) is 298 cm³/mol. The molecule has 0 heterocycles. The molecular formula is C63H110O6. The van der Waals surface area contributed by atoms with Crippen molar-refractivity contribution in [2.24, 2.45) is 0 Å². The lowest BCUT2D eigenvalue weighted by Gasteiger charge is -2.18. The molecule has 398 valence electrons. The van der Waals surface area contributed by atoms with E-state index < -0.39 is 6.10 Å². The van der Waals surface area contributed by atoms with Gasteiger partial charge in [0.2, 0.25) is 0 Å². The topological polar surface area (TPSA) is 78.9 Å². The molecule has 0 saturated heterocycles. The van der Waals surface area contributed by atoms with Crippen molar-refractivity contribution in [2.45, 2.75) is 297 Å². The lowest BCUT2D eigenvalue weighted by Crippen LogP contribution is -2.30. The molecule has 0 bridgehead atoms. The maximum atomic E-state index is 12.8. The van der Waals surface area contributed by atoms with Crippen molar-refractivity contribution >= 4 is 17.9 Å². The van der Waals surface area contributed by atoms with Gasteiger partial charge in [0.25, 0.3) is 0 Å². The normalized spacial score (nSPS) is 12.6. The number of allylic oxidation sites excluding steroid dienone is 12. The van der Waals surface area contributed by atoms with Crippen LogP contribution in [0.5, 0.6) is 0 Å². The average Bonchev–Trinajstić information content (AvgIpc) is 3.35. The van der Waals surface area contributed by atoms with Crippen LogP contribution in [0.2, 0.25) is 0 Å². The van der Waals surface area contributed by atoms with Gasteiger partial charge in [-0.25, -0.2) is 0 Å². The van der Waals surface area contributed by atoms with Gasteiger partial charge in [-0.2, -0.15) is 0 Å². The van der Waals surface area contributed by atoms with Gasteiger partial charge >= 0.3 is 17.9 Å². The van der Waals surface area contributed by atoms with E-state index in [1.807, 2.05) is 0 Å². The second kappa shape index (κ2) is 57.4. The molecule has 0 aliphatic carbocycles. The minimum atomic E-state index is -0.775. The Morgan fingerprint density at radius 3 is 0.899 bits per heavy atom. The highest BCUT2D eigenvalue weighted by atomic mass is 16.6. The van der Waals surface area contributed by atoms with Crippen LogP contribution in [0.1, 0.15) is 290 Å². The summed E-state index contributed by atoms with van der Waals surface area (Å²) in [5, 5.41) is 0. The van der Waals surface area contributed by atoms with Crippen LogP contribution >= 0.6 is 0 Å². The number of carbonyl (C=O) groups is 3. The Bertz CT molecular complexity index is 1290. The Kier molecular flexibility index (Phi) is 54.8. The summed E-state index contributed by atoms with van der Waals surface area (Å²) in [7, 11) is 0. The zero-order valence-corrected chi connectivity index (χ0v) is 45.6. The molecule has 69 heavy (non-hydrogen) atoms. The van der Waals surface area contributed by atoms with E-state index in [1.54, 1.807) is 0 Å². The summed E-state index contributed by atoms with van der Waals surface area (Å²) in [4.78, 5) is 37.9. The van der Waals surface area contributed by atoms with Gasteiger partial charge in [0, 0.05) is 19.3 Å². The standard InChI is InChI=1S/C63H110O6/c1-4-7-10-13-16-18-20-22-24-25-26-27-28-29-30-31-32-33-34-35-36-37-39-40-42-44-47-50-53-56-62(65)68-59-60(58-67-61(64)55-52-49-46-15-12-9-6-3)69-63(66)57-54-51-48-45-43-41-38-23-21-19-17-14-11-8-5-2/h7,10,16,18,22-24,26-27,29-30,38,60H,4-6,8-9,11-15,17,19-21,25,28,31-37,39-59H2,1-3H3/b10-7-,18-16-,24-22-,27-26-,30-29-,38-23-. The Hall–Kier alpha value is -3.15. The van der Waals surface area contributed by atoms with Gasteiger partial charge in [0.05, 0.1) is 0 Å². The molecule has 6 heteroatoms. The van der Waals surface area contributed by atoms with E-state index in [-0.39, 0.29) is 31.1 Å². The maximum absolute atomic E-state index is 12.8. The van der Waals surface area contributed by atoms with Crippen molar-refractivity contribution in [3.63, 3.8) is 0 Å². The number of hydrogen-bond donors (Lipinski definition) is 0. The fraction of sp³-hybridized carbons (Fsp3) is 0.762. The van der Waals surface area contributed by atoms with Crippen LogP contribution in [0, 0.1) is 0 Å².